The third kappa shape index (κ3) is 1.95. The minimum Gasteiger partial charge on any atom is -0.393 e. The lowest BCUT2D eigenvalue weighted by atomic mass is 9.48. The first kappa shape index (κ1) is 17.1. The predicted octanol–water partition coefficient (Wildman–Crippen LogP) is 1.31. The van der Waals surface area contributed by atoms with Crippen molar-refractivity contribution in [2.24, 2.45) is 22.7 Å². The van der Waals surface area contributed by atoms with Crippen molar-refractivity contribution in [2.75, 3.05) is 6.61 Å². The van der Waals surface area contributed by atoms with Gasteiger partial charge in [-0.3, -0.25) is 9.59 Å². The van der Waals surface area contributed by atoms with E-state index in [-0.39, 0.29) is 35.9 Å². The second-order valence-electron chi connectivity index (χ2n) is 8.81. The molecule has 5 heteroatoms. The predicted molar refractivity (Wildman–Crippen MR) is 90.5 cm³/mol. The number of aliphatic hydroxyl groups excluding tert-OH is 2. The van der Waals surface area contributed by atoms with Crippen LogP contribution in [-0.4, -0.2) is 45.2 Å². The highest BCUT2D eigenvalue weighted by Crippen LogP contribution is 2.66. The van der Waals surface area contributed by atoms with E-state index in [1.807, 2.05) is 13.0 Å². The van der Waals surface area contributed by atoms with Gasteiger partial charge in [0, 0.05) is 29.6 Å². The molecule has 136 valence electrons. The fraction of sp³-hybridized carbons (Fsp3) is 0.700. The standard InChI is InChI=1S/C20H26O5/c1-18-8-12(22)7-11(18)3-4-13-14-5-6-20(25,16(24)10-21)19(14,2)9-15(23)17(13)18/h5,7,13,15,17,21,23,25H,3-4,6,8-10H2,1-2H3. The summed E-state index contributed by atoms with van der Waals surface area (Å²) < 4.78 is 0. The molecule has 0 heterocycles. The Morgan fingerprint density at radius 3 is 2.76 bits per heavy atom. The molecule has 0 radical (unpaired) electrons. The van der Waals surface area contributed by atoms with Crippen molar-refractivity contribution in [2.45, 2.75) is 57.7 Å². The van der Waals surface area contributed by atoms with Crippen LogP contribution in [0.2, 0.25) is 0 Å². The molecule has 5 nitrogen and oxygen atoms in total. The summed E-state index contributed by atoms with van der Waals surface area (Å²) in [6.45, 7) is 3.22. The van der Waals surface area contributed by atoms with Crippen LogP contribution in [0.3, 0.4) is 0 Å². The largest absolute Gasteiger partial charge is 0.393 e. The summed E-state index contributed by atoms with van der Waals surface area (Å²) in [5, 5.41) is 31.4. The Labute approximate surface area is 147 Å². The number of ketones is 2. The number of carbonyl (C=O) groups excluding carboxylic acids is 2. The maximum Gasteiger partial charge on any atom is 0.190 e. The second-order valence-corrected chi connectivity index (χ2v) is 8.81. The molecule has 4 aliphatic carbocycles. The Morgan fingerprint density at radius 1 is 1.36 bits per heavy atom. The van der Waals surface area contributed by atoms with Crippen LogP contribution >= 0.6 is 0 Å². The summed E-state index contributed by atoms with van der Waals surface area (Å²) in [4.78, 5) is 24.3. The molecule has 3 N–H and O–H groups in total. The summed E-state index contributed by atoms with van der Waals surface area (Å²) in [6, 6.07) is 0. The maximum atomic E-state index is 12.3. The van der Waals surface area contributed by atoms with E-state index in [1.54, 1.807) is 6.08 Å². The average molecular weight is 346 g/mol. The molecule has 4 aliphatic rings. The first-order valence-electron chi connectivity index (χ1n) is 9.16. The number of rotatable bonds is 2. The van der Waals surface area contributed by atoms with Gasteiger partial charge in [0.2, 0.25) is 0 Å². The van der Waals surface area contributed by atoms with Crippen molar-refractivity contribution in [3.63, 3.8) is 0 Å². The van der Waals surface area contributed by atoms with E-state index in [4.69, 9.17) is 0 Å². The van der Waals surface area contributed by atoms with Gasteiger partial charge >= 0.3 is 0 Å². The quantitative estimate of drug-likeness (QED) is 0.656. The summed E-state index contributed by atoms with van der Waals surface area (Å²) in [5.41, 5.74) is -0.656. The Hall–Kier alpha value is -1.30. The fourth-order valence-electron chi connectivity index (χ4n) is 6.44. The number of hydrogen-bond acceptors (Lipinski definition) is 5. The molecule has 25 heavy (non-hydrogen) atoms. The van der Waals surface area contributed by atoms with Crippen LogP contribution in [0.25, 0.3) is 0 Å². The van der Waals surface area contributed by atoms with Gasteiger partial charge in [-0.05, 0) is 31.3 Å². The highest BCUT2D eigenvalue weighted by atomic mass is 16.3. The topological polar surface area (TPSA) is 94.8 Å². The molecular weight excluding hydrogens is 320 g/mol. The zero-order valence-corrected chi connectivity index (χ0v) is 14.8. The van der Waals surface area contributed by atoms with Crippen LogP contribution in [0.4, 0.5) is 0 Å². The van der Waals surface area contributed by atoms with Gasteiger partial charge in [-0.2, -0.15) is 0 Å². The van der Waals surface area contributed by atoms with Crippen molar-refractivity contribution in [3.8, 4) is 0 Å². The Morgan fingerprint density at radius 2 is 2.08 bits per heavy atom. The number of allylic oxidation sites excluding steroid dienone is 2. The summed E-state index contributed by atoms with van der Waals surface area (Å²) in [7, 11) is 0. The molecule has 6 atom stereocenters. The van der Waals surface area contributed by atoms with Gasteiger partial charge in [-0.25, -0.2) is 0 Å². The highest BCUT2D eigenvalue weighted by molar-refractivity contribution is 5.94. The Kier molecular flexibility index (Phi) is 3.51. The van der Waals surface area contributed by atoms with Gasteiger partial charge in [-0.15, -0.1) is 0 Å². The molecule has 2 fully saturated rings. The second kappa shape index (κ2) is 5.12. The van der Waals surface area contributed by atoms with Crippen molar-refractivity contribution < 1.29 is 24.9 Å². The Bertz CT molecular complexity index is 722. The SMILES string of the molecule is CC12CC(=O)C=C1CCC1C3=CCC(O)(C(=O)CO)C3(C)CC(O)C12. The first-order chi connectivity index (χ1) is 11.7. The summed E-state index contributed by atoms with van der Waals surface area (Å²) >= 11 is 0. The lowest BCUT2D eigenvalue weighted by Gasteiger charge is -2.57. The number of fused-ring (bicyclic) bond motifs is 5. The smallest absolute Gasteiger partial charge is 0.190 e. The third-order valence-corrected chi connectivity index (χ3v) is 7.71. The van der Waals surface area contributed by atoms with Crippen LogP contribution < -0.4 is 0 Å². The normalized spacial score (nSPS) is 48.4. The number of hydrogen-bond donors (Lipinski definition) is 3. The number of aliphatic hydroxyl groups is 3. The van der Waals surface area contributed by atoms with E-state index in [0.717, 1.165) is 24.0 Å². The number of Topliss-reactive ketones (excluding diaryl/α,β-unsaturated/α-hetero) is 1. The van der Waals surface area contributed by atoms with E-state index in [0.29, 0.717) is 6.42 Å². The molecule has 0 saturated heterocycles. The third-order valence-electron chi connectivity index (χ3n) is 7.71. The molecule has 6 unspecified atom stereocenters. The van der Waals surface area contributed by atoms with Crippen molar-refractivity contribution in [1.82, 2.24) is 0 Å². The van der Waals surface area contributed by atoms with Gasteiger partial charge in [-0.1, -0.05) is 31.1 Å². The lowest BCUT2D eigenvalue weighted by molar-refractivity contribution is -0.160. The minimum atomic E-state index is -1.65. The maximum absolute atomic E-state index is 12.3. The van der Waals surface area contributed by atoms with Crippen LogP contribution in [0.5, 0.6) is 0 Å². The van der Waals surface area contributed by atoms with Crippen molar-refractivity contribution in [3.05, 3.63) is 23.3 Å². The highest BCUT2D eigenvalue weighted by Gasteiger charge is 2.65. The molecule has 0 aromatic carbocycles. The molecule has 0 spiro atoms. The van der Waals surface area contributed by atoms with E-state index in [1.165, 1.54) is 0 Å². The van der Waals surface area contributed by atoms with Gasteiger partial charge in [0.25, 0.3) is 0 Å². The van der Waals surface area contributed by atoms with E-state index >= 15 is 0 Å². The van der Waals surface area contributed by atoms with Gasteiger partial charge < -0.3 is 15.3 Å². The number of carbonyl (C=O) groups is 2. The first-order valence-corrected chi connectivity index (χ1v) is 9.16. The summed E-state index contributed by atoms with van der Waals surface area (Å²) in [5.74, 6) is -0.455. The van der Waals surface area contributed by atoms with Crippen LogP contribution in [-0.2, 0) is 9.59 Å². The molecule has 0 bridgehead atoms. The van der Waals surface area contributed by atoms with Crippen molar-refractivity contribution in [1.29, 1.82) is 0 Å². The Balaban J connectivity index is 1.76. The van der Waals surface area contributed by atoms with Crippen LogP contribution in [0.1, 0.15) is 46.0 Å². The van der Waals surface area contributed by atoms with Crippen LogP contribution in [0.15, 0.2) is 23.3 Å². The van der Waals surface area contributed by atoms with Crippen LogP contribution in [0, 0.1) is 22.7 Å². The zero-order valence-electron chi connectivity index (χ0n) is 14.8. The van der Waals surface area contributed by atoms with Gasteiger partial charge in [0.05, 0.1) is 6.10 Å². The fourth-order valence-corrected chi connectivity index (χ4v) is 6.44. The molecule has 2 saturated carbocycles. The molecule has 4 rings (SSSR count). The van der Waals surface area contributed by atoms with E-state index in [2.05, 4.69) is 6.92 Å². The monoisotopic (exact) mass is 346 g/mol. The molecule has 0 aromatic rings. The molecule has 0 amide bonds. The summed E-state index contributed by atoms with van der Waals surface area (Å²) in [6.07, 6.45) is 5.55. The zero-order chi connectivity index (χ0) is 18.2. The van der Waals surface area contributed by atoms with E-state index < -0.39 is 29.5 Å². The lowest BCUT2D eigenvalue weighted by Crippen LogP contribution is -2.60. The minimum absolute atomic E-state index is 0.0577. The molecule has 0 aromatic heterocycles. The van der Waals surface area contributed by atoms with Gasteiger partial charge in [0.1, 0.15) is 12.2 Å². The van der Waals surface area contributed by atoms with Crippen molar-refractivity contribution >= 4 is 11.6 Å². The molecule has 0 aliphatic heterocycles. The van der Waals surface area contributed by atoms with Gasteiger partial charge in [0.15, 0.2) is 11.6 Å². The molecular formula is C20H26O5. The van der Waals surface area contributed by atoms with E-state index in [9.17, 15) is 24.9 Å². The average Bonchev–Trinajstić information content (AvgIpc) is 2.99.